The largest absolute Gasteiger partial charge is 0.495 e. The number of nitrogens with two attached hydrogens (primary N) is 1. The quantitative estimate of drug-likeness (QED) is 0.863. The molecule has 0 radical (unpaired) electrons. The zero-order valence-electron chi connectivity index (χ0n) is 10.7. The highest BCUT2D eigenvalue weighted by atomic mass is 35.5. The monoisotopic (exact) mass is 271 g/mol. The summed E-state index contributed by atoms with van der Waals surface area (Å²) in [5.41, 5.74) is 7.42. The molecular formula is C13H18ClNO3. The van der Waals surface area contributed by atoms with E-state index in [1.165, 1.54) is 0 Å². The Bertz CT molecular complexity index is 446. The summed E-state index contributed by atoms with van der Waals surface area (Å²) in [5, 5.41) is 9.33. The normalized spacial score (nSPS) is 12.6. The number of halogens is 1. The van der Waals surface area contributed by atoms with Gasteiger partial charge in [-0.25, -0.2) is 0 Å². The van der Waals surface area contributed by atoms with E-state index in [1.807, 2.05) is 19.9 Å². The van der Waals surface area contributed by atoms with Gasteiger partial charge < -0.3 is 15.6 Å². The van der Waals surface area contributed by atoms with E-state index >= 15 is 0 Å². The fourth-order valence-corrected chi connectivity index (χ4v) is 2.07. The first kappa shape index (κ1) is 14.8. The number of carbonyl (C=O) groups is 1. The molecule has 1 unspecified atom stereocenters. The average molecular weight is 272 g/mol. The minimum Gasteiger partial charge on any atom is -0.495 e. The van der Waals surface area contributed by atoms with E-state index < -0.39 is 12.0 Å². The standard InChI is InChI=1S/C13H18ClNO3/c1-7(2)9-6-12(18-3)10(14)4-8(9)5-11(15)13(16)17/h4,6-7,11H,5,15H2,1-3H3,(H,16,17). The van der Waals surface area contributed by atoms with Crippen LogP contribution < -0.4 is 10.5 Å². The minimum atomic E-state index is -1.02. The lowest BCUT2D eigenvalue weighted by atomic mass is 9.93. The highest BCUT2D eigenvalue weighted by molar-refractivity contribution is 6.32. The summed E-state index contributed by atoms with van der Waals surface area (Å²) in [5.74, 6) is -0.183. The molecule has 0 bridgehead atoms. The lowest BCUT2D eigenvalue weighted by molar-refractivity contribution is -0.138. The van der Waals surface area contributed by atoms with Crippen LogP contribution in [0.5, 0.6) is 5.75 Å². The Hall–Kier alpha value is -1.26. The van der Waals surface area contributed by atoms with Crippen LogP contribution in [0.4, 0.5) is 0 Å². The van der Waals surface area contributed by atoms with Crippen LogP contribution in [0.1, 0.15) is 30.9 Å². The number of methoxy groups -OCH3 is 1. The van der Waals surface area contributed by atoms with Crippen molar-refractivity contribution in [3.05, 3.63) is 28.3 Å². The fourth-order valence-electron chi connectivity index (χ4n) is 1.81. The van der Waals surface area contributed by atoms with Crippen LogP contribution in [0.25, 0.3) is 0 Å². The van der Waals surface area contributed by atoms with Crippen molar-refractivity contribution < 1.29 is 14.6 Å². The van der Waals surface area contributed by atoms with Gasteiger partial charge in [0.25, 0.3) is 0 Å². The molecule has 0 aromatic heterocycles. The molecule has 5 heteroatoms. The van der Waals surface area contributed by atoms with Crippen LogP contribution in [-0.4, -0.2) is 24.2 Å². The second-order valence-corrected chi connectivity index (χ2v) is 4.90. The molecule has 100 valence electrons. The van der Waals surface area contributed by atoms with Crippen LogP contribution in [0, 0.1) is 0 Å². The first-order valence-corrected chi connectivity index (χ1v) is 6.09. The van der Waals surface area contributed by atoms with Gasteiger partial charge >= 0.3 is 5.97 Å². The summed E-state index contributed by atoms with van der Waals surface area (Å²) in [6.45, 7) is 4.05. The second kappa shape index (κ2) is 6.07. The summed E-state index contributed by atoms with van der Waals surface area (Å²) in [4.78, 5) is 10.8. The van der Waals surface area contributed by atoms with Crippen LogP contribution in [0.3, 0.4) is 0 Å². The third kappa shape index (κ3) is 3.37. The maximum absolute atomic E-state index is 10.8. The first-order chi connectivity index (χ1) is 8.36. The van der Waals surface area contributed by atoms with Gasteiger partial charge in [-0.2, -0.15) is 0 Å². The summed E-state index contributed by atoms with van der Waals surface area (Å²) in [6.07, 6.45) is 0.257. The van der Waals surface area contributed by atoms with E-state index in [-0.39, 0.29) is 12.3 Å². The van der Waals surface area contributed by atoms with Gasteiger partial charge in [0.2, 0.25) is 0 Å². The van der Waals surface area contributed by atoms with Crippen molar-refractivity contribution in [1.82, 2.24) is 0 Å². The Labute approximate surface area is 112 Å². The molecule has 4 nitrogen and oxygen atoms in total. The topological polar surface area (TPSA) is 72.5 Å². The Balaban J connectivity index is 3.16. The van der Waals surface area contributed by atoms with E-state index in [1.54, 1.807) is 13.2 Å². The van der Waals surface area contributed by atoms with Crippen LogP contribution in [0.15, 0.2) is 12.1 Å². The number of carboxylic acids is 1. The highest BCUT2D eigenvalue weighted by Crippen LogP contribution is 2.32. The van der Waals surface area contributed by atoms with Crippen molar-refractivity contribution in [2.45, 2.75) is 32.2 Å². The van der Waals surface area contributed by atoms with Crippen molar-refractivity contribution in [1.29, 1.82) is 0 Å². The minimum absolute atomic E-state index is 0.243. The zero-order valence-corrected chi connectivity index (χ0v) is 11.5. The van der Waals surface area contributed by atoms with Crippen LogP contribution in [-0.2, 0) is 11.2 Å². The van der Waals surface area contributed by atoms with E-state index in [4.69, 9.17) is 27.2 Å². The molecule has 0 saturated carbocycles. The van der Waals surface area contributed by atoms with Gasteiger partial charge in [0, 0.05) is 0 Å². The second-order valence-electron chi connectivity index (χ2n) is 4.49. The van der Waals surface area contributed by atoms with Gasteiger partial charge in [0.1, 0.15) is 11.8 Å². The highest BCUT2D eigenvalue weighted by Gasteiger charge is 2.18. The van der Waals surface area contributed by atoms with Gasteiger partial charge in [0.15, 0.2) is 0 Å². The van der Waals surface area contributed by atoms with E-state index in [2.05, 4.69) is 0 Å². The number of hydrogen-bond acceptors (Lipinski definition) is 3. The van der Waals surface area contributed by atoms with E-state index in [9.17, 15) is 4.79 Å². The molecule has 1 aromatic carbocycles. The maximum Gasteiger partial charge on any atom is 0.320 e. The number of hydrogen-bond donors (Lipinski definition) is 2. The van der Waals surface area contributed by atoms with Gasteiger partial charge in [0.05, 0.1) is 12.1 Å². The van der Waals surface area contributed by atoms with Gasteiger partial charge in [-0.15, -0.1) is 0 Å². The molecule has 0 heterocycles. The summed E-state index contributed by atoms with van der Waals surface area (Å²) in [6, 6.07) is 2.65. The van der Waals surface area contributed by atoms with Crippen molar-refractivity contribution >= 4 is 17.6 Å². The molecule has 0 aliphatic heterocycles. The number of ether oxygens (including phenoxy) is 1. The smallest absolute Gasteiger partial charge is 0.320 e. The molecule has 0 spiro atoms. The third-order valence-electron chi connectivity index (χ3n) is 2.79. The Morgan fingerprint density at radius 2 is 2.11 bits per heavy atom. The molecule has 0 aliphatic carbocycles. The average Bonchev–Trinajstić information content (AvgIpc) is 2.28. The van der Waals surface area contributed by atoms with Crippen LogP contribution >= 0.6 is 11.6 Å². The number of rotatable bonds is 5. The molecule has 18 heavy (non-hydrogen) atoms. The van der Waals surface area contributed by atoms with Gasteiger partial charge in [-0.05, 0) is 35.6 Å². The first-order valence-electron chi connectivity index (χ1n) is 5.71. The van der Waals surface area contributed by atoms with Crippen LogP contribution in [0.2, 0.25) is 5.02 Å². The predicted molar refractivity (Wildman–Crippen MR) is 71.4 cm³/mol. The van der Waals surface area contributed by atoms with E-state index in [0.29, 0.717) is 10.8 Å². The number of benzene rings is 1. The summed E-state index contributed by atoms with van der Waals surface area (Å²) >= 11 is 6.06. The van der Waals surface area contributed by atoms with Crippen molar-refractivity contribution in [3.8, 4) is 5.75 Å². The number of carboxylic acid groups (broad SMARTS) is 1. The van der Waals surface area contributed by atoms with Crippen molar-refractivity contribution in [3.63, 3.8) is 0 Å². The van der Waals surface area contributed by atoms with Crippen molar-refractivity contribution in [2.24, 2.45) is 5.73 Å². The maximum atomic E-state index is 10.8. The third-order valence-corrected chi connectivity index (χ3v) is 3.09. The Kier molecular flexibility index (Phi) is 4.99. The fraction of sp³-hybridized carbons (Fsp3) is 0.462. The molecular weight excluding hydrogens is 254 g/mol. The van der Waals surface area contributed by atoms with Gasteiger partial charge in [-0.1, -0.05) is 25.4 Å². The predicted octanol–water partition coefficient (Wildman–Crippen LogP) is 2.43. The summed E-state index contributed by atoms with van der Waals surface area (Å²) < 4.78 is 5.16. The molecule has 0 fully saturated rings. The zero-order chi connectivity index (χ0) is 13.9. The lowest BCUT2D eigenvalue weighted by Crippen LogP contribution is -2.32. The Morgan fingerprint density at radius 3 is 2.56 bits per heavy atom. The Morgan fingerprint density at radius 1 is 1.50 bits per heavy atom. The SMILES string of the molecule is COc1cc(C(C)C)c(CC(N)C(=O)O)cc1Cl. The summed E-state index contributed by atoms with van der Waals surface area (Å²) in [7, 11) is 1.55. The molecule has 0 aliphatic rings. The molecule has 3 N–H and O–H groups in total. The molecule has 0 saturated heterocycles. The van der Waals surface area contributed by atoms with Gasteiger partial charge in [-0.3, -0.25) is 4.79 Å². The molecule has 1 aromatic rings. The van der Waals surface area contributed by atoms with Crippen molar-refractivity contribution in [2.75, 3.05) is 7.11 Å². The lowest BCUT2D eigenvalue weighted by Gasteiger charge is -2.17. The molecule has 1 atom stereocenters. The molecule has 1 rings (SSSR count). The van der Waals surface area contributed by atoms with E-state index in [0.717, 1.165) is 11.1 Å². The molecule has 0 amide bonds. The number of aliphatic carboxylic acids is 1.